The van der Waals surface area contributed by atoms with Gasteiger partial charge in [-0.25, -0.2) is 4.39 Å². The molecule has 1 aromatic carbocycles. The van der Waals surface area contributed by atoms with Crippen molar-refractivity contribution in [2.75, 3.05) is 5.73 Å². The van der Waals surface area contributed by atoms with Crippen LogP contribution in [0.3, 0.4) is 0 Å². The lowest BCUT2D eigenvalue weighted by molar-refractivity contribution is -0.385. The fourth-order valence-electron chi connectivity index (χ4n) is 1.90. The van der Waals surface area contributed by atoms with E-state index in [9.17, 15) is 19.3 Å². The van der Waals surface area contributed by atoms with Gasteiger partial charge in [-0.05, 0) is 18.9 Å². The number of carbonyl (C=O) groups excluding carboxylic acids is 1. The van der Waals surface area contributed by atoms with Crippen LogP contribution in [0.25, 0.3) is 0 Å². The quantitative estimate of drug-likeness (QED) is 0.476. The lowest BCUT2D eigenvalue weighted by Gasteiger charge is -2.16. The number of hydrogen-bond donors (Lipinski definition) is 2. The Bertz CT molecular complexity index is 520. The van der Waals surface area contributed by atoms with Gasteiger partial charge in [0.1, 0.15) is 5.56 Å². The lowest BCUT2D eigenvalue weighted by atomic mass is 10.1. The van der Waals surface area contributed by atoms with E-state index in [1.54, 1.807) is 0 Å². The number of benzene rings is 1. The summed E-state index contributed by atoms with van der Waals surface area (Å²) in [5.41, 5.74) is 4.28. The van der Waals surface area contributed by atoms with Crippen molar-refractivity contribution in [3.05, 3.63) is 33.6 Å². The van der Waals surface area contributed by atoms with Crippen molar-refractivity contribution in [1.29, 1.82) is 0 Å². The van der Waals surface area contributed by atoms with E-state index in [0.29, 0.717) is 12.5 Å². The monoisotopic (exact) mass is 283 g/mol. The van der Waals surface area contributed by atoms with Crippen LogP contribution < -0.4 is 11.1 Å². The molecule has 20 heavy (non-hydrogen) atoms. The van der Waals surface area contributed by atoms with Gasteiger partial charge in [0.05, 0.1) is 16.7 Å². The molecule has 1 rings (SSSR count). The number of nitrogens with zero attached hydrogens (tertiary/aromatic N) is 1. The first-order valence-corrected chi connectivity index (χ1v) is 6.44. The van der Waals surface area contributed by atoms with Gasteiger partial charge >= 0.3 is 0 Å². The number of nitrogens with one attached hydrogen (secondary N) is 1. The Morgan fingerprint density at radius 2 is 2.15 bits per heavy atom. The molecule has 110 valence electrons. The molecule has 0 saturated heterocycles. The van der Waals surface area contributed by atoms with Crippen LogP contribution in [0.1, 0.15) is 43.5 Å². The summed E-state index contributed by atoms with van der Waals surface area (Å²) in [6.07, 6.45) is 2.36. The maximum Gasteiger partial charge on any atom is 0.285 e. The van der Waals surface area contributed by atoms with Crippen molar-refractivity contribution < 1.29 is 14.1 Å². The van der Waals surface area contributed by atoms with Gasteiger partial charge in [0.15, 0.2) is 5.82 Å². The maximum atomic E-state index is 13.3. The van der Waals surface area contributed by atoms with E-state index in [1.165, 1.54) is 0 Å². The Balaban J connectivity index is 3.08. The second kappa shape index (κ2) is 6.83. The van der Waals surface area contributed by atoms with Crippen molar-refractivity contribution in [2.24, 2.45) is 0 Å². The second-order valence-corrected chi connectivity index (χ2v) is 4.52. The van der Waals surface area contributed by atoms with Crippen LogP contribution in [0.2, 0.25) is 0 Å². The SMILES string of the molecule is CCCC(CC)NC(=O)c1cc(N)c(F)cc1[N+](=O)[O-]. The largest absolute Gasteiger partial charge is 0.396 e. The van der Waals surface area contributed by atoms with Gasteiger partial charge in [-0.3, -0.25) is 14.9 Å². The highest BCUT2D eigenvalue weighted by molar-refractivity contribution is 5.99. The minimum atomic E-state index is -0.908. The number of anilines is 1. The van der Waals surface area contributed by atoms with Gasteiger partial charge < -0.3 is 11.1 Å². The molecule has 0 aliphatic carbocycles. The molecule has 0 fully saturated rings. The van der Waals surface area contributed by atoms with Crippen molar-refractivity contribution in [3.63, 3.8) is 0 Å². The molecular formula is C13H18FN3O3. The topological polar surface area (TPSA) is 98.3 Å². The van der Waals surface area contributed by atoms with Crippen LogP contribution in [0, 0.1) is 15.9 Å². The first-order chi connectivity index (χ1) is 9.40. The Morgan fingerprint density at radius 1 is 1.50 bits per heavy atom. The second-order valence-electron chi connectivity index (χ2n) is 4.52. The summed E-state index contributed by atoms with van der Waals surface area (Å²) in [6.45, 7) is 3.89. The Labute approximate surface area is 116 Å². The summed E-state index contributed by atoms with van der Waals surface area (Å²) >= 11 is 0. The van der Waals surface area contributed by atoms with Crippen molar-refractivity contribution in [3.8, 4) is 0 Å². The third-order valence-electron chi connectivity index (χ3n) is 3.02. The fourth-order valence-corrected chi connectivity index (χ4v) is 1.90. The minimum absolute atomic E-state index is 0.0709. The summed E-state index contributed by atoms with van der Waals surface area (Å²) in [6, 6.07) is 1.60. The number of carbonyl (C=O) groups is 1. The van der Waals surface area contributed by atoms with Gasteiger partial charge in [-0.15, -0.1) is 0 Å². The molecule has 6 nitrogen and oxygen atoms in total. The zero-order valence-corrected chi connectivity index (χ0v) is 11.5. The predicted octanol–water partition coefficient (Wildman–Crippen LogP) is 2.62. The van der Waals surface area contributed by atoms with Crippen LogP contribution in [0.5, 0.6) is 0 Å². The molecule has 0 saturated carbocycles. The minimum Gasteiger partial charge on any atom is -0.396 e. The summed E-state index contributed by atoms with van der Waals surface area (Å²) in [4.78, 5) is 22.2. The first kappa shape index (κ1) is 15.9. The van der Waals surface area contributed by atoms with Gasteiger partial charge in [0.25, 0.3) is 11.6 Å². The van der Waals surface area contributed by atoms with Crippen LogP contribution in [0.4, 0.5) is 15.8 Å². The molecule has 0 aliphatic heterocycles. The van der Waals surface area contributed by atoms with Crippen LogP contribution in [-0.2, 0) is 0 Å². The fraction of sp³-hybridized carbons (Fsp3) is 0.462. The standard InChI is InChI=1S/C13H18FN3O3/c1-3-5-8(4-2)16-13(18)9-6-11(15)10(14)7-12(9)17(19)20/h6-8H,3-5,15H2,1-2H3,(H,16,18). The van der Waals surface area contributed by atoms with E-state index < -0.39 is 22.3 Å². The van der Waals surface area contributed by atoms with Gasteiger partial charge in [-0.1, -0.05) is 20.3 Å². The molecule has 0 spiro atoms. The number of nitro benzene ring substituents is 1. The highest BCUT2D eigenvalue weighted by Gasteiger charge is 2.24. The molecule has 1 aromatic rings. The molecular weight excluding hydrogens is 265 g/mol. The van der Waals surface area contributed by atoms with E-state index in [0.717, 1.165) is 18.9 Å². The molecule has 1 unspecified atom stereocenters. The third kappa shape index (κ3) is 3.66. The Kier molecular flexibility index (Phi) is 5.42. The number of nitro groups is 1. The number of halogens is 1. The molecule has 0 bridgehead atoms. The molecule has 7 heteroatoms. The highest BCUT2D eigenvalue weighted by Crippen LogP contribution is 2.24. The van der Waals surface area contributed by atoms with Crippen LogP contribution in [-0.4, -0.2) is 16.9 Å². The maximum absolute atomic E-state index is 13.3. The normalized spacial score (nSPS) is 11.9. The molecule has 1 atom stereocenters. The van der Waals surface area contributed by atoms with Crippen molar-refractivity contribution in [1.82, 2.24) is 5.32 Å². The van der Waals surface area contributed by atoms with E-state index in [2.05, 4.69) is 5.32 Å². The average molecular weight is 283 g/mol. The van der Waals surface area contributed by atoms with Crippen LogP contribution >= 0.6 is 0 Å². The Hall–Kier alpha value is -2.18. The zero-order chi connectivity index (χ0) is 15.3. The average Bonchev–Trinajstić information content (AvgIpc) is 2.40. The summed E-state index contributed by atoms with van der Waals surface area (Å²) in [5.74, 6) is -1.52. The predicted molar refractivity (Wildman–Crippen MR) is 73.9 cm³/mol. The molecule has 0 aliphatic rings. The highest BCUT2D eigenvalue weighted by atomic mass is 19.1. The van der Waals surface area contributed by atoms with Crippen molar-refractivity contribution >= 4 is 17.3 Å². The summed E-state index contributed by atoms with van der Waals surface area (Å²) in [5, 5.41) is 13.6. The van der Waals surface area contributed by atoms with Gasteiger partial charge in [-0.2, -0.15) is 0 Å². The van der Waals surface area contributed by atoms with Crippen LogP contribution in [0.15, 0.2) is 12.1 Å². The molecule has 0 aromatic heterocycles. The smallest absolute Gasteiger partial charge is 0.285 e. The number of rotatable bonds is 6. The summed E-state index contributed by atoms with van der Waals surface area (Å²) < 4.78 is 13.3. The van der Waals surface area contributed by atoms with E-state index in [4.69, 9.17) is 5.73 Å². The molecule has 1 amide bonds. The number of hydrogen-bond acceptors (Lipinski definition) is 4. The number of nitrogens with two attached hydrogens (primary N) is 1. The van der Waals surface area contributed by atoms with Gasteiger partial charge in [0, 0.05) is 6.04 Å². The molecule has 0 heterocycles. The van der Waals surface area contributed by atoms with Crippen molar-refractivity contribution in [2.45, 2.75) is 39.2 Å². The number of amides is 1. The third-order valence-corrected chi connectivity index (χ3v) is 3.02. The lowest BCUT2D eigenvalue weighted by Crippen LogP contribution is -2.34. The van der Waals surface area contributed by atoms with E-state index >= 15 is 0 Å². The molecule has 3 N–H and O–H groups in total. The number of nitrogen functional groups attached to an aromatic ring is 1. The Morgan fingerprint density at radius 3 is 2.65 bits per heavy atom. The summed E-state index contributed by atoms with van der Waals surface area (Å²) in [7, 11) is 0. The van der Waals surface area contributed by atoms with E-state index in [-0.39, 0.29) is 17.3 Å². The van der Waals surface area contributed by atoms with Gasteiger partial charge in [0.2, 0.25) is 0 Å². The zero-order valence-electron chi connectivity index (χ0n) is 11.5. The van der Waals surface area contributed by atoms with E-state index in [1.807, 2.05) is 13.8 Å². The first-order valence-electron chi connectivity index (χ1n) is 6.44. The molecule has 0 radical (unpaired) electrons.